The van der Waals surface area contributed by atoms with Crippen LogP contribution in [0.5, 0.6) is 0 Å². The molecule has 0 aliphatic heterocycles. The fourth-order valence-corrected chi connectivity index (χ4v) is 1.63. The second-order valence-electron chi connectivity index (χ2n) is 4.00. The molecule has 0 radical (unpaired) electrons. The lowest BCUT2D eigenvalue weighted by Crippen LogP contribution is -2.02. The predicted octanol–water partition coefficient (Wildman–Crippen LogP) is 1.32. The van der Waals surface area contributed by atoms with Gasteiger partial charge in [0.2, 0.25) is 0 Å². The summed E-state index contributed by atoms with van der Waals surface area (Å²) >= 11 is 0. The molecule has 8 heteroatoms. The maximum atomic E-state index is 10.8. The summed E-state index contributed by atoms with van der Waals surface area (Å²) < 4.78 is 6.41. The van der Waals surface area contributed by atoms with E-state index in [0.29, 0.717) is 23.1 Å². The van der Waals surface area contributed by atoms with Crippen LogP contribution in [0.1, 0.15) is 16.3 Å². The van der Waals surface area contributed by atoms with E-state index in [4.69, 9.17) is 9.63 Å². The van der Waals surface area contributed by atoms with Crippen molar-refractivity contribution in [3.05, 3.63) is 42.1 Å². The van der Waals surface area contributed by atoms with Gasteiger partial charge in [0.15, 0.2) is 17.3 Å². The molecule has 0 saturated carbocycles. The second kappa shape index (κ2) is 4.57. The van der Waals surface area contributed by atoms with Crippen molar-refractivity contribution in [2.24, 2.45) is 0 Å². The average Bonchev–Trinajstić information content (AvgIpc) is 3.08. The van der Waals surface area contributed by atoms with Crippen LogP contribution < -0.4 is 0 Å². The van der Waals surface area contributed by atoms with Crippen molar-refractivity contribution in [2.45, 2.75) is 6.92 Å². The largest absolute Gasteiger partial charge is 0.476 e. The molecule has 0 atom stereocenters. The minimum Gasteiger partial charge on any atom is -0.476 e. The summed E-state index contributed by atoms with van der Waals surface area (Å²) in [6.45, 7) is 1.73. The van der Waals surface area contributed by atoms with Crippen molar-refractivity contribution in [1.82, 2.24) is 24.9 Å². The molecular weight excluding hydrogens is 262 g/mol. The first-order valence-electron chi connectivity index (χ1n) is 5.69. The lowest BCUT2D eigenvalue weighted by Gasteiger charge is -2.00. The molecule has 8 nitrogen and oxygen atoms in total. The van der Waals surface area contributed by atoms with Gasteiger partial charge >= 0.3 is 5.97 Å². The number of nitrogens with zero attached hydrogens (tertiary/aromatic N) is 5. The smallest absolute Gasteiger partial charge is 0.356 e. The molecule has 0 aromatic carbocycles. The minimum atomic E-state index is -1.08. The number of pyridine rings is 1. The molecule has 0 unspecified atom stereocenters. The Bertz CT molecular complexity index is 760. The number of rotatable bonds is 3. The highest BCUT2D eigenvalue weighted by atomic mass is 16.5. The van der Waals surface area contributed by atoms with Gasteiger partial charge in [-0.15, -0.1) is 0 Å². The Hall–Kier alpha value is -3.03. The summed E-state index contributed by atoms with van der Waals surface area (Å²) in [7, 11) is 0. The number of carboxylic acids is 1. The molecule has 100 valence electrons. The summed E-state index contributed by atoms with van der Waals surface area (Å²) in [6, 6.07) is 4.84. The summed E-state index contributed by atoms with van der Waals surface area (Å²) in [4.78, 5) is 19.0. The molecule has 3 aromatic heterocycles. The number of aryl methyl sites for hydroxylation is 1. The quantitative estimate of drug-likeness (QED) is 0.765. The highest BCUT2D eigenvalue weighted by molar-refractivity contribution is 5.85. The van der Waals surface area contributed by atoms with Gasteiger partial charge in [0.25, 0.3) is 5.89 Å². The normalized spacial score (nSPS) is 10.7. The molecule has 0 fully saturated rings. The van der Waals surface area contributed by atoms with Gasteiger partial charge in [0.1, 0.15) is 0 Å². The van der Waals surface area contributed by atoms with Crippen molar-refractivity contribution >= 4 is 5.97 Å². The van der Waals surface area contributed by atoms with E-state index in [1.54, 1.807) is 25.3 Å². The third kappa shape index (κ3) is 2.14. The Morgan fingerprint density at radius 2 is 2.20 bits per heavy atom. The van der Waals surface area contributed by atoms with Crippen LogP contribution in [0.3, 0.4) is 0 Å². The Kier molecular flexibility index (Phi) is 2.75. The third-order valence-corrected chi connectivity index (χ3v) is 2.57. The van der Waals surface area contributed by atoms with Crippen molar-refractivity contribution < 1.29 is 14.4 Å². The van der Waals surface area contributed by atoms with E-state index in [-0.39, 0.29) is 5.69 Å². The van der Waals surface area contributed by atoms with Gasteiger partial charge < -0.3 is 9.63 Å². The lowest BCUT2D eigenvalue weighted by atomic mass is 10.3. The van der Waals surface area contributed by atoms with Crippen molar-refractivity contribution in [3.8, 4) is 17.3 Å². The van der Waals surface area contributed by atoms with Crippen LogP contribution in [0.4, 0.5) is 0 Å². The first-order chi connectivity index (χ1) is 9.63. The fraction of sp³-hybridized carbons (Fsp3) is 0.0833. The number of aromatic nitrogens is 5. The fourth-order valence-electron chi connectivity index (χ4n) is 1.63. The van der Waals surface area contributed by atoms with E-state index in [1.807, 2.05) is 0 Å². The van der Waals surface area contributed by atoms with E-state index in [1.165, 1.54) is 16.9 Å². The summed E-state index contributed by atoms with van der Waals surface area (Å²) in [5.41, 5.74) is 0.642. The third-order valence-electron chi connectivity index (χ3n) is 2.57. The Balaban J connectivity index is 1.90. The highest BCUT2D eigenvalue weighted by Gasteiger charge is 2.10. The maximum Gasteiger partial charge on any atom is 0.356 e. The molecule has 0 spiro atoms. The summed E-state index contributed by atoms with van der Waals surface area (Å²) in [5.74, 6) is 0.342. The molecule has 3 aromatic rings. The lowest BCUT2D eigenvalue weighted by molar-refractivity contribution is 0.0690. The predicted molar refractivity (Wildman–Crippen MR) is 66.3 cm³/mol. The van der Waals surface area contributed by atoms with Gasteiger partial charge in [-0.25, -0.2) is 14.5 Å². The number of carboxylic acid groups (broad SMARTS) is 1. The van der Waals surface area contributed by atoms with Gasteiger partial charge in [-0.05, 0) is 25.1 Å². The van der Waals surface area contributed by atoms with E-state index >= 15 is 0 Å². The maximum absolute atomic E-state index is 10.8. The standard InChI is InChI=1S/C12H9N5O3/c1-7-14-11(20-16-7)8-2-3-10(13-6-8)17-5-4-9(15-17)12(18)19/h2-6H,1H3,(H,18,19). The second-order valence-corrected chi connectivity index (χ2v) is 4.00. The molecule has 0 bridgehead atoms. The first kappa shape index (κ1) is 12.0. The van der Waals surface area contributed by atoms with Crippen LogP contribution in [0.15, 0.2) is 35.1 Å². The average molecular weight is 271 g/mol. The van der Waals surface area contributed by atoms with Crippen molar-refractivity contribution in [1.29, 1.82) is 0 Å². The highest BCUT2D eigenvalue weighted by Crippen LogP contribution is 2.17. The van der Waals surface area contributed by atoms with Gasteiger partial charge in [-0.1, -0.05) is 5.16 Å². The topological polar surface area (TPSA) is 107 Å². The Morgan fingerprint density at radius 3 is 2.75 bits per heavy atom. The number of hydrogen-bond donors (Lipinski definition) is 1. The Morgan fingerprint density at radius 1 is 1.35 bits per heavy atom. The van der Waals surface area contributed by atoms with Crippen LogP contribution in [0, 0.1) is 6.92 Å². The zero-order valence-electron chi connectivity index (χ0n) is 10.4. The number of aromatic carboxylic acids is 1. The van der Waals surface area contributed by atoms with E-state index in [9.17, 15) is 4.79 Å². The minimum absolute atomic E-state index is 0.0385. The zero-order chi connectivity index (χ0) is 14.1. The first-order valence-corrected chi connectivity index (χ1v) is 5.69. The molecule has 20 heavy (non-hydrogen) atoms. The van der Waals surface area contributed by atoms with Gasteiger partial charge in [0.05, 0.1) is 5.56 Å². The van der Waals surface area contributed by atoms with Crippen molar-refractivity contribution in [2.75, 3.05) is 0 Å². The zero-order valence-corrected chi connectivity index (χ0v) is 10.4. The van der Waals surface area contributed by atoms with Crippen LogP contribution in [-0.2, 0) is 0 Å². The van der Waals surface area contributed by atoms with Gasteiger partial charge in [-0.3, -0.25) is 0 Å². The molecule has 0 aliphatic carbocycles. The molecule has 0 amide bonds. The van der Waals surface area contributed by atoms with Crippen LogP contribution >= 0.6 is 0 Å². The van der Waals surface area contributed by atoms with Gasteiger partial charge in [0, 0.05) is 12.4 Å². The summed E-state index contributed by atoms with van der Waals surface area (Å²) in [5, 5.41) is 16.4. The van der Waals surface area contributed by atoms with Crippen LogP contribution in [0.25, 0.3) is 17.3 Å². The monoisotopic (exact) mass is 271 g/mol. The van der Waals surface area contributed by atoms with E-state index in [0.717, 1.165) is 0 Å². The van der Waals surface area contributed by atoms with E-state index in [2.05, 4.69) is 20.2 Å². The van der Waals surface area contributed by atoms with Crippen LogP contribution in [-0.4, -0.2) is 36.0 Å². The van der Waals surface area contributed by atoms with Crippen molar-refractivity contribution in [3.63, 3.8) is 0 Å². The molecule has 3 rings (SSSR count). The molecule has 0 aliphatic rings. The molecule has 3 heterocycles. The molecular formula is C12H9N5O3. The Labute approximate surface area is 112 Å². The molecule has 0 saturated heterocycles. The van der Waals surface area contributed by atoms with Crippen LogP contribution in [0.2, 0.25) is 0 Å². The summed E-state index contributed by atoms with van der Waals surface area (Å²) in [6.07, 6.45) is 3.09. The number of carbonyl (C=O) groups is 1. The molecule has 1 N–H and O–H groups in total. The SMILES string of the molecule is Cc1noc(-c2ccc(-n3ccc(C(=O)O)n3)nc2)n1. The van der Waals surface area contributed by atoms with Gasteiger partial charge in [-0.2, -0.15) is 10.1 Å². The number of hydrogen-bond acceptors (Lipinski definition) is 6. The van der Waals surface area contributed by atoms with E-state index < -0.39 is 5.97 Å².